The highest BCUT2D eigenvalue weighted by Crippen LogP contribution is 2.19. The van der Waals surface area contributed by atoms with Crippen LogP contribution in [0.3, 0.4) is 0 Å². The van der Waals surface area contributed by atoms with Crippen LogP contribution in [-0.2, 0) is 20.7 Å². The zero-order valence-electron chi connectivity index (χ0n) is 16.8. The predicted octanol–water partition coefficient (Wildman–Crippen LogP) is 4.04. The highest BCUT2D eigenvalue weighted by molar-refractivity contribution is 6.18. The van der Waals surface area contributed by atoms with Crippen LogP contribution >= 0.6 is 11.6 Å². The Morgan fingerprint density at radius 1 is 1.11 bits per heavy atom. The van der Waals surface area contributed by atoms with E-state index in [9.17, 15) is 9.59 Å². The first-order chi connectivity index (χ1) is 12.7. The Bertz CT molecular complexity index is 597. The Labute approximate surface area is 166 Å². The monoisotopic (exact) mass is 399 g/mol. The van der Waals surface area contributed by atoms with Gasteiger partial charge in [-0.1, -0.05) is 12.1 Å². The molecule has 0 aliphatic carbocycles. The van der Waals surface area contributed by atoms with Crippen molar-refractivity contribution in [2.75, 3.05) is 25.6 Å². The number of nitrogens with zero attached hydrogens (tertiary/aromatic N) is 1. The SMILES string of the molecule is CCOC(=O)[C@H](Cc1ccc(OCC)cc1)N(CCCl)C(=O)OC(C)(C)C. The van der Waals surface area contributed by atoms with E-state index in [1.165, 1.54) is 4.90 Å². The molecule has 0 fully saturated rings. The summed E-state index contributed by atoms with van der Waals surface area (Å²) < 4.78 is 16.1. The minimum atomic E-state index is -0.823. The zero-order chi connectivity index (χ0) is 20.4. The van der Waals surface area contributed by atoms with Gasteiger partial charge in [-0.3, -0.25) is 4.90 Å². The average Bonchev–Trinajstić information content (AvgIpc) is 2.58. The number of benzene rings is 1. The fraction of sp³-hybridized carbons (Fsp3) is 0.600. The van der Waals surface area contributed by atoms with Crippen molar-refractivity contribution < 1.29 is 23.8 Å². The second-order valence-corrected chi connectivity index (χ2v) is 7.29. The smallest absolute Gasteiger partial charge is 0.411 e. The van der Waals surface area contributed by atoms with Crippen molar-refractivity contribution in [3.05, 3.63) is 29.8 Å². The number of hydrogen-bond acceptors (Lipinski definition) is 5. The Balaban J connectivity index is 3.07. The van der Waals surface area contributed by atoms with E-state index in [1.54, 1.807) is 27.7 Å². The Hall–Kier alpha value is -1.95. The predicted molar refractivity (Wildman–Crippen MR) is 105 cm³/mol. The lowest BCUT2D eigenvalue weighted by Crippen LogP contribution is -2.49. The summed E-state index contributed by atoms with van der Waals surface area (Å²) in [6.07, 6.45) is -0.298. The Morgan fingerprint density at radius 2 is 1.74 bits per heavy atom. The van der Waals surface area contributed by atoms with Gasteiger partial charge in [-0.25, -0.2) is 9.59 Å². The number of ether oxygens (including phenoxy) is 3. The van der Waals surface area contributed by atoms with E-state index in [0.29, 0.717) is 13.0 Å². The van der Waals surface area contributed by atoms with Gasteiger partial charge in [0.2, 0.25) is 0 Å². The standard InChI is InChI=1S/C20H30ClNO5/c1-6-25-16-10-8-15(9-11-16)14-17(18(23)26-7-2)22(13-12-21)19(24)27-20(3,4)5/h8-11,17H,6-7,12-14H2,1-5H3/t17-/m0/s1. The molecule has 0 aliphatic heterocycles. The van der Waals surface area contributed by atoms with Gasteiger partial charge in [-0.05, 0) is 52.3 Å². The average molecular weight is 400 g/mol. The van der Waals surface area contributed by atoms with E-state index in [-0.39, 0.29) is 19.0 Å². The number of alkyl halides is 1. The summed E-state index contributed by atoms with van der Waals surface area (Å²) >= 11 is 5.88. The van der Waals surface area contributed by atoms with Gasteiger partial charge >= 0.3 is 12.1 Å². The summed E-state index contributed by atoms with van der Waals surface area (Å²) in [5, 5.41) is 0. The van der Waals surface area contributed by atoms with Crippen molar-refractivity contribution in [1.82, 2.24) is 4.90 Å². The van der Waals surface area contributed by atoms with Crippen LogP contribution in [0.1, 0.15) is 40.2 Å². The van der Waals surface area contributed by atoms with E-state index in [2.05, 4.69) is 0 Å². The van der Waals surface area contributed by atoms with Gasteiger partial charge in [0, 0.05) is 18.8 Å². The number of halogens is 1. The van der Waals surface area contributed by atoms with Gasteiger partial charge in [0.25, 0.3) is 0 Å². The molecule has 0 aliphatic rings. The molecule has 0 saturated heterocycles. The number of carbonyl (C=O) groups is 2. The Kier molecular flexibility index (Phi) is 9.43. The molecule has 1 aromatic rings. The summed E-state index contributed by atoms with van der Waals surface area (Å²) in [4.78, 5) is 26.5. The first kappa shape index (κ1) is 23.1. The van der Waals surface area contributed by atoms with Crippen LogP contribution in [0.4, 0.5) is 4.79 Å². The quantitative estimate of drug-likeness (QED) is 0.463. The molecule has 0 spiro atoms. The van der Waals surface area contributed by atoms with E-state index in [0.717, 1.165) is 11.3 Å². The first-order valence-electron chi connectivity index (χ1n) is 9.15. The van der Waals surface area contributed by atoms with Crippen LogP contribution in [-0.4, -0.2) is 54.2 Å². The molecule has 27 heavy (non-hydrogen) atoms. The van der Waals surface area contributed by atoms with Gasteiger partial charge in [-0.2, -0.15) is 0 Å². The van der Waals surface area contributed by atoms with Gasteiger partial charge in [0.05, 0.1) is 13.2 Å². The van der Waals surface area contributed by atoms with E-state index >= 15 is 0 Å². The van der Waals surface area contributed by atoms with Crippen molar-refractivity contribution in [3.63, 3.8) is 0 Å². The molecule has 0 unspecified atom stereocenters. The van der Waals surface area contributed by atoms with Crippen molar-refractivity contribution >= 4 is 23.7 Å². The van der Waals surface area contributed by atoms with E-state index in [1.807, 2.05) is 31.2 Å². The van der Waals surface area contributed by atoms with Crippen molar-refractivity contribution in [2.45, 2.75) is 52.7 Å². The Morgan fingerprint density at radius 3 is 2.22 bits per heavy atom. The van der Waals surface area contributed by atoms with Crippen LogP contribution in [0, 0.1) is 0 Å². The van der Waals surface area contributed by atoms with E-state index in [4.69, 9.17) is 25.8 Å². The van der Waals surface area contributed by atoms with Gasteiger partial charge in [0.1, 0.15) is 17.4 Å². The number of hydrogen-bond donors (Lipinski definition) is 0. The minimum Gasteiger partial charge on any atom is -0.494 e. The van der Waals surface area contributed by atoms with Crippen molar-refractivity contribution in [2.24, 2.45) is 0 Å². The maximum absolute atomic E-state index is 12.6. The first-order valence-corrected chi connectivity index (χ1v) is 9.69. The summed E-state index contributed by atoms with van der Waals surface area (Å²) in [5.41, 5.74) is 0.194. The van der Waals surface area contributed by atoms with Gasteiger partial charge < -0.3 is 14.2 Å². The van der Waals surface area contributed by atoms with Crippen molar-refractivity contribution in [3.8, 4) is 5.75 Å². The molecular weight excluding hydrogens is 370 g/mol. The third kappa shape index (κ3) is 8.08. The van der Waals surface area contributed by atoms with Crippen LogP contribution in [0.2, 0.25) is 0 Å². The number of rotatable bonds is 9. The van der Waals surface area contributed by atoms with Crippen LogP contribution < -0.4 is 4.74 Å². The van der Waals surface area contributed by atoms with Crippen LogP contribution in [0.15, 0.2) is 24.3 Å². The third-order valence-electron chi connectivity index (χ3n) is 3.55. The lowest BCUT2D eigenvalue weighted by Gasteiger charge is -2.32. The van der Waals surface area contributed by atoms with Crippen LogP contribution in [0.5, 0.6) is 5.75 Å². The molecule has 0 saturated carbocycles. The molecule has 0 heterocycles. The fourth-order valence-electron chi connectivity index (χ4n) is 2.46. The maximum Gasteiger partial charge on any atom is 0.411 e. The highest BCUT2D eigenvalue weighted by Gasteiger charge is 2.33. The second kappa shape index (κ2) is 11.0. The third-order valence-corrected chi connectivity index (χ3v) is 3.72. The van der Waals surface area contributed by atoms with Gasteiger partial charge in [0.15, 0.2) is 0 Å². The van der Waals surface area contributed by atoms with Crippen LogP contribution in [0.25, 0.3) is 0 Å². The molecule has 0 aromatic heterocycles. The molecule has 7 heteroatoms. The second-order valence-electron chi connectivity index (χ2n) is 6.91. The number of amides is 1. The molecule has 1 atom stereocenters. The number of esters is 1. The normalized spacial score (nSPS) is 12.2. The fourth-order valence-corrected chi connectivity index (χ4v) is 2.64. The maximum atomic E-state index is 12.6. The molecular formula is C20H30ClNO5. The largest absolute Gasteiger partial charge is 0.494 e. The van der Waals surface area contributed by atoms with E-state index < -0.39 is 23.7 Å². The lowest BCUT2D eigenvalue weighted by atomic mass is 10.0. The minimum absolute atomic E-state index is 0.178. The molecule has 1 rings (SSSR count). The molecule has 6 nitrogen and oxygen atoms in total. The molecule has 0 radical (unpaired) electrons. The highest BCUT2D eigenvalue weighted by atomic mass is 35.5. The molecule has 1 aromatic carbocycles. The summed E-state index contributed by atoms with van der Waals surface area (Å²) in [5.74, 6) is 0.444. The molecule has 152 valence electrons. The number of carbonyl (C=O) groups excluding carboxylic acids is 2. The topological polar surface area (TPSA) is 65.1 Å². The molecule has 0 bridgehead atoms. The summed E-state index contributed by atoms with van der Waals surface area (Å²) in [7, 11) is 0. The molecule has 1 amide bonds. The van der Waals surface area contributed by atoms with Crippen molar-refractivity contribution in [1.29, 1.82) is 0 Å². The summed E-state index contributed by atoms with van der Waals surface area (Å²) in [6.45, 7) is 9.94. The zero-order valence-corrected chi connectivity index (χ0v) is 17.5. The van der Waals surface area contributed by atoms with Gasteiger partial charge in [-0.15, -0.1) is 11.6 Å². The summed E-state index contributed by atoms with van der Waals surface area (Å²) in [6, 6.07) is 6.58. The molecule has 0 N–H and O–H groups in total. The lowest BCUT2D eigenvalue weighted by molar-refractivity contribution is -0.149.